The third kappa shape index (κ3) is 1.58. The van der Waals surface area contributed by atoms with Gasteiger partial charge in [0, 0.05) is 6.54 Å². The average molecular weight is 228 g/mol. The lowest BCUT2D eigenvalue weighted by Gasteiger charge is -2.43. The number of nitrogens with zero attached hydrogens (tertiary/aromatic N) is 1. The summed E-state index contributed by atoms with van der Waals surface area (Å²) in [4.78, 5) is 25.4. The Kier molecular flexibility index (Phi) is 2.86. The van der Waals surface area contributed by atoms with E-state index < -0.39 is 18.3 Å². The van der Waals surface area contributed by atoms with E-state index in [-0.39, 0.29) is 18.4 Å². The van der Waals surface area contributed by atoms with E-state index in [9.17, 15) is 14.0 Å². The van der Waals surface area contributed by atoms with Gasteiger partial charge < -0.3 is 10.2 Å². The molecule has 2 aliphatic rings. The highest BCUT2D eigenvalue weighted by Crippen LogP contribution is 2.34. The lowest BCUT2D eigenvalue weighted by Crippen LogP contribution is -2.69. The standard InChI is InChI=1S/C11H17FN2O2/c1-8-9(15)13-11(4-2-3-5-11)10(16)14(8)7-6-12/h8H,2-7H2,1H3,(H,13,15). The van der Waals surface area contributed by atoms with Crippen LogP contribution in [0.2, 0.25) is 0 Å². The average Bonchev–Trinajstić information content (AvgIpc) is 2.71. The molecule has 2 amide bonds. The largest absolute Gasteiger partial charge is 0.340 e. The molecule has 0 aromatic heterocycles. The van der Waals surface area contributed by atoms with Gasteiger partial charge in [0.15, 0.2) is 0 Å². The van der Waals surface area contributed by atoms with Crippen molar-refractivity contribution in [2.75, 3.05) is 13.2 Å². The summed E-state index contributed by atoms with van der Waals surface area (Å²) in [5.41, 5.74) is -0.723. The fourth-order valence-corrected chi connectivity index (χ4v) is 2.69. The summed E-state index contributed by atoms with van der Waals surface area (Å²) in [5, 5.41) is 2.83. The van der Waals surface area contributed by atoms with Gasteiger partial charge in [-0.3, -0.25) is 9.59 Å². The first-order valence-electron chi connectivity index (χ1n) is 5.80. The van der Waals surface area contributed by atoms with E-state index in [0.717, 1.165) is 12.8 Å². The molecule has 0 aromatic carbocycles. The summed E-state index contributed by atoms with van der Waals surface area (Å²) in [7, 11) is 0. The fourth-order valence-electron chi connectivity index (χ4n) is 2.69. The van der Waals surface area contributed by atoms with Gasteiger partial charge in [0.2, 0.25) is 11.8 Å². The number of hydrogen-bond donors (Lipinski definition) is 1. The van der Waals surface area contributed by atoms with Crippen molar-refractivity contribution in [1.29, 1.82) is 0 Å². The molecule has 1 saturated carbocycles. The van der Waals surface area contributed by atoms with E-state index in [1.807, 2.05) is 0 Å². The molecule has 1 aliphatic carbocycles. The Labute approximate surface area is 94.2 Å². The van der Waals surface area contributed by atoms with E-state index in [0.29, 0.717) is 12.8 Å². The van der Waals surface area contributed by atoms with Crippen molar-refractivity contribution >= 4 is 11.8 Å². The zero-order valence-corrected chi connectivity index (χ0v) is 9.46. The molecule has 2 rings (SSSR count). The number of nitrogens with one attached hydrogen (secondary N) is 1. The summed E-state index contributed by atoms with van der Waals surface area (Å²) >= 11 is 0. The highest BCUT2D eigenvalue weighted by molar-refractivity contribution is 5.99. The molecule has 0 radical (unpaired) electrons. The molecule has 0 aromatic rings. The zero-order valence-electron chi connectivity index (χ0n) is 9.46. The summed E-state index contributed by atoms with van der Waals surface area (Å²) in [6.07, 6.45) is 3.27. The predicted octanol–water partition coefficient (Wildman–Crippen LogP) is 0.616. The highest BCUT2D eigenvalue weighted by atomic mass is 19.1. The molecule has 1 unspecified atom stereocenters. The minimum absolute atomic E-state index is 0.0230. The number of piperazine rings is 1. The quantitative estimate of drug-likeness (QED) is 0.753. The van der Waals surface area contributed by atoms with Gasteiger partial charge in [-0.05, 0) is 19.8 Å². The van der Waals surface area contributed by atoms with Crippen LogP contribution < -0.4 is 5.32 Å². The molecule has 4 nitrogen and oxygen atoms in total. The van der Waals surface area contributed by atoms with Crippen LogP contribution in [0.5, 0.6) is 0 Å². The molecule has 90 valence electrons. The van der Waals surface area contributed by atoms with Crippen LogP contribution in [0.1, 0.15) is 32.6 Å². The van der Waals surface area contributed by atoms with E-state index in [4.69, 9.17) is 0 Å². The maximum atomic E-state index is 12.4. The van der Waals surface area contributed by atoms with Crippen LogP contribution in [0.3, 0.4) is 0 Å². The van der Waals surface area contributed by atoms with Gasteiger partial charge in [0.25, 0.3) is 0 Å². The summed E-state index contributed by atoms with van der Waals surface area (Å²) in [6, 6.07) is -0.547. The van der Waals surface area contributed by atoms with Gasteiger partial charge in [0.1, 0.15) is 18.3 Å². The minimum atomic E-state index is -0.723. The topological polar surface area (TPSA) is 49.4 Å². The Bertz CT molecular complexity index is 313. The Morgan fingerprint density at radius 2 is 2.06 bits per heavy atom. The maximum absolute atomic E-state index is 12.4. The summed E-state index contributed by atoms with van der Waals surface area (Å²) in [6.45, 7) is 1.07. The first-order chi connectivity index (χ1) is 7.60. The van der Waals surface area contributed by atoms with Gasteiger partial charge in [-0.25, -0.2) is 4.39 Å². The van der Waals surface area contributed by atoms with Crippen LogP contribution in [0.25, 0.3) is 0 Å². The Balaban J connectivity index is 2.24. The van der Waals surface area contributed by atoms with Crippen LogP contribution in [0.4, 0.5) is 4.39 Å². The maximum Gasteiger partial charge on any atom is 0.249 e. The van der Waals surface area contributed by atoms with Crippen LogP contribution in [0.15, 0.2) is 0 Å². The number of amides is 2. The smallest absolute Gasteiger partial charge is 0.249 e. The van der Waals surface area contributed by atoms with Gasteiger partial charge in [-0.15, -0.1) is 0 Å². The molecule has 1 heterocycles. The number of carbonyl (C=O) groups excluding carboxylic acids is 2. The Morgan fingerprint density at radius 3 is 2.62 bits per heavy atom. The monoisotopic (exact) mass is 228 g/mol. The van der Waals surface area contributed by atoms with Crippen LogP contribution >= 0.6 is 0 Å². The number of hydrogen-bond acceptors (Lipinski definition) is 2. The summed E-state index contributed by atoms with van der Waals surface area (Å²) < 4.78 is 12.4. The van der Waals surface area contributed by atoms with Crippen molar-refractivity contribution in [3.8, 4) is 0 Å². The predicted molar refractivity (Wildman–Crippen MR) is 56.5 cm³/mol. The third-order valence-corrected chi connectivity index (χ3v) is 3.66. The molecule has 1 N–H and O–H groups in total. The van der Waals surface area contributed by atoms with Crippen LogP contribution in [-0.4, -0.2) is 41.5 Å². The molecule has 1 aliphatic heterocycles. The van der Waals surface area contributed by atoms with Crippen LogP contribution in [0, 0.1) is 0 Å². The zero-order chi connectivity index (χ0) is 11.8. The number of halogens is 1. The van der Waals surface area contributed by atoms with E-state index in [1.54, 1.807) is 6.92 Å². The lowest BCUT2D eigenvalue weighted by molar-refractivity contribution is -0.154. The highest BCUT2D eigenvalue weighted by Gasteiger charge is 2.50. The van der Waals surface area contributed by atoms with E-state index in [2.05, 4.69) is 5.32 Å². The number of alkyl halides is 1. The molecule has 1 spiro atoms. The minimum Gasteiger partial charge on any atom is -0.340 e. The SMILES string of the molecule is CC1C(=O)NC2(CCCC2)C(=O)N1CCF. The van der Waals surface area contributed by atoms with Gasteiger partial charge in [-0.1, -0.05) is 12.8 Å². The van der Waals surface area contributed by atoms with Gasteiger partial charge in [-0.2, -0.15) is 0 Å². The molecular formula is C11H17FN2O2. The molecule has 2 fully saturated rings. The Morgan fingerprint density at radius 1 is 1.44 bits per heavy atom. The molecule has 0 bridgehead atoms. The molecule has 1 atom stereocenters. The van der Waals surface area contributed by atoms with E-state index >= 15 is 0 Å². The van der Waals surface area contributed by atoms with Gasteiger partial charge >= 0.3 is 0 Å². The molecular weight excluding hydrogens is 211 g/mol. The summed E-state index contributed by atoms with van der Waals surface area (Å²) in [5.74, 6) is -0.260. The van der Waals surface area contributed by atoms with Crippen molar-refractivity contribution in [3.63, 3.8) is 0 Å². The molecule has 16 heavy (non-hydrogen) atoms. The van der Waals surface area contributed by atoms with Crippen LogP contribution in [-0.2, 0) is 9.59 Å². The second-order valence-corrected chi connectivity index (χ2v) is 4.64. The number of carbonyl (C=O) groups is 2. The lowest BCUT2D eigenvalue weighted by atomic mass is 9.91. The second kappa shape index (κ2) is 4.03. The first kappa shape index (κ1) is 11.4. The first-order valence-corrected chi connectivity index (χ1v) is 5.80. The van der Waals surface area contributed by atoms with Crippen molar-refractivity contribution in [3.05, 3.63) is 0 Å². The molecule has 1 saturated heterocycles. The van der Waals surface area contributed by atoms with Crippen molar-refractivity contribution in [2.24, 2.45) is 0 Å². The number of rotatable bonds is 2. The van der Waals surface area contributed by atoms with Crippen molar-refractivity contribution in [2.45, 2.75) is 44.2 Å². The fraction of sp³-hybridized carbons (Fsp3) is 0.818. The third-order valence-electron chi connectivity index (χ3n) is 3.66. The van der Waals surface area contributed by atoms with Crippen molar-refractivity contribution in [1.82, 2.24) is 10.2 Å². The normalized spacial score (nSPS) is 28.6. The van der Waals surface area contributed by atoms with Crippen molar-refractivity contribution < 1.29 is 14.0 Å². The van der Waals surface area contributed by atoms with E-state index in [1.165, 1.54) is 4.90 Å². The Hall–Kier alpha value is -1.13. The van der Waals surface area contributed by atoms with Gasteiger partial charge in [0.05, 0.1) is 0 Å². The second-order valence-electron chi connectivity index (χ2n) is 4.64. The molecule has 5 heteroatoms.